The standard InChI is InChI=1S/C48H32N6/c1-4-14-33(15-5-1)39-30-44(42-22-12-13-29-49-42)51-45(31-39)43-28-27-38(32-50-43)34-23-25-35(26-24-34)40-20-10-11-21-41(40)48-53-46(36-16-6-2-7-17-36)52-47(54-48)37-18-8-3-9-19-37/h1-32H. The minimum Gasteiger partial charge on any atom is -0.255 e. The van der Waals surface area contributed by atoms with Crippen molar-refractivity contribution >= 4 is 0 Å². The van der Waals surface area contributed by atoms with E-state index in [2.05, 4.69) is 71.7 Å². The zero-order valence-electron chi connectivity index (χ0n) is 29.2. The summed E-state index contributed by atoms with van der Waals surface area (Å²) < 4.78 is 0. The van der Waals surface area contributed by atoms with Crippen LogP contribution in [-0.4, -0.2) is 29.9 Å². The van der Waals surface area contributed by atoms with Crippen LogP contribution in [0.4, 0.5) is 0 Å². The maximum absolute atomic E-state index is 4.99. The number of aromatic nitrogens is 6. The van der Waals surface area contributed by atoms with Crippen molar-refractivity contribution in [3.05, 3.63) is 194 Å². The van der Waals surface area contributed by atoms with E-state index in [0.717, 1.165) is 72.8 Å². The van der Waals surface area contributed by atoms with Gasteiger partial charge >= 0.3 is 0 Å². The minimum absolute atomic E-state index is 0.623. The van der Waals surface area contributed by atoms with E-state index in [1.165, 1.54) is 0 Å². The van der Waals surface area contributed by atoms with Gasteiger partial charge in [-0.05, 0) is 58.1 Å². The molecule has 6 heteroatoms. The predicted octanol–water partition coefficient (Wildman–Crippen LogP) is 11.4. The Morgan fingerprint density at radius 1 is 0.259 bits per heavy atom. The second kappa shape index (κ2) is 14.7. The maximum atomic E-state index is 4.99. The zero-order chi connectivity index (χ0) is 36.1. The molecule has 9 aromatic rings. The molecule has 0 aliphatic carbocycles. The van der Waals surface area contributed by atoms with Crippen LogP contribution in [0.5, 0.6) is 0 Å². The minimum atomic E-state index is 0.623. The highest BCUT2D eigenvalue weighted by molar-refractivity contribution is 5.83. The molecule has 0 saturated heterocycles. The zero-order valence-corrected chi connectivity index (χ0v) is 29.2. The van der Waals surface area contributed by atoms with Crippen molar-refractivity contribution in [3.63, 3.8) is 0 Å². The Balaban J connectivity index is 1.04. The highest BCUT2D eigenvalue weighted by atomic mass is 15.0. The molecule has 0 aliphatic rings. The summed E-state index contributed by atoms with van der Waals surface area (Å²) in [5.74, 6) is 1.89. The fraction of sp³-hybridized carbons (Fsp3) is 0. The molecule has 0 radical (unpaired) electrons. The van der Waals surface area contributed by atoms with E-state index in [0.29, 0.717) is 17.5 Å². The van der Waals surface area contributed by atoms with Crippen LogP contribution < -0.4 is 0 Å². The molecular weight excluding hydrogens is 661 g/mol. The van der Waals surface area contributed by atoms with Gasteiger partial charge in [0.25, 0.3) is 0 Å². The Hall–Kier alpha value is -7.44. The Kier molecular flexibility index (Phi) is 8.81. The first kappa shape index (κ1) is 32.5. The molecule has 54 heavy (non-hydrogen) atoms. The molecule has 4 aromatic heterocycles. The summed E-state index contributed by atoms with van der Waals surface area (Å²) in [6.45, 7) is 0. The van der Waals surface area contributed by atoms with Gasteiger partial charge in [-0.15, -0.1) is 0 Å². The normalized spacial score (nSPS) is 11.0. The van der Waals surface area contributed by atoms with Gasteiger partial charge in [-0.2, -0.15) is 0 Å². The summed E-state index contributed by atoms with van der Waals surface area (Å²) in [5.41, 5.74) is 12.4. The molecule has 0 bridgehead atoms. The van der Waals surface area contributed by atoms with Gasteiger partial charge in [-0.1, -0.05) is 152 Å². The molecule has 0 spiro atoms. The second-order valence-corrected chi connectivity index (χ2v) is 12.8. The van der Waals surface area contributed by atoms with Gasteiger partial charge in [-0.3, -0.25) is 9.97 Å². The molecule has 0 atom stereocenters. The fourth-order valence-electron chi connectivity index (χ4n) is 6.52. The first-order valence-electron chi connectivity index (χ1n) is 17.8. The molecule has 0 fully saturated rings. The van der Waals surface area contributed by atoms with E-state index in [4.69, 9.17) is 24.9 Å². The van der Waals surface area contributed by atoms with Crippen molar-refractivity contribution in [1.82, 2.24) is 29.9 Å². The largest absolute Gasteiger partial charge is 0.255 e. The Bertz CT molecular complexity index is 2550. The number of rotatable bonds is 8. The Labute approximate surface area is 313 Å². The molecule has 6 nitrogen and oxygen atoms in total. The van der Waals surface area contributed by atoms with Crippen LogP contribution in [0.25, 0.3) is 90.3 Å². The van der Waals surface area contributed by atoms with Crippen LogP contribution in [0.1, 0.15) is 0 Å². The van der Waals surface area contributed by atoms with Gasteiger partial charge in [0.15, 0.2) is 17.5 Å². The maximum Gasteiger partial charge on any atom is 0.164 e. The fourth-order valence-corrected chi connectivity index (χ4v) is 6.52. The summed E-state index contributed by atoms with van der Waals surface area (Å²) in [5, 5.41) is 0. The van der Waals surface area contributed by atoms with Crippen molar-refractivity contribution in [2.45, 2.75) is 0 Å². The van der Waals surface area contributed by atoms with Gasteiger partial charge < -0.3 is 0 Å². The monoisotopic (exact) mass is 692 g/mol. The van der Waals surface area contributed by atoms with Crippen molar-refractivity contribution in [2.75, 3.05) is 0 Å². The lowest BCUT2D eigenvalue weighted by atomic mass is 9.96. The third-order valence-electron chi connectivity index (χ3n) is 9.28. The molecule has 254 valence electrons. The van der Waals surface area contributed by atoms with Crippen LogP contribution in [0.2, 0.25) is 0 Å². The van der Waals surface area contributed by atoms with Crippen molar-refractivity contribution in [2.24, 2.45) is 0 Å². The van der Waals surface area contributed by atoms with Crippen LogP contribution >= 0.6 is 0 Å². The van der Waals surface area contributed by atoms with Crippen molar-refractivity contribution < 1.29 is 0 Å². The third-order valence-corrected chi connectivity index (χ3v) is 9.28. The lowest BCUT2D eigenvalue weighted by Crippen LogP contribution is -2.01. The lowest BCUT2D eigenvalue weighted by molar-refractivity contribution is 1.07. The molecule has 0 amide bonds. The van der Waals surface area contributed by atoms with Crippen molar-refractivity contribution in [1.29, 1.82) is 0 Å². The molecule has 0 saturated carbocycles. The van der Waals surface area contributed by atoms with E-state index < -0.39 is 0 Å². The lowest BCUT2D eigenvalue weighted by Gasteiger charge is -2.12. The Morgan fingerprint density at radius 2 is 0.741 bits per heavy atom. The van der Waals surface area contributed by atoms with Crippen LogP contribution in [-0.2, 0) is 0 Å². The van der Waals surface area contributed by atoms with E-state index in [1.807, 2.05) is 121 Å². The summed E-state index contributed by atoms with van der Waals surface area (Å²) >= 11 is 0. The molecule has 9 rings (SSSR count). The first-order valence-corrected chi connectivity index (χ1v) is 17.8. The number of pyridine rings is 3. The van der Waals surface area contributed by atoms with E-state index in [-0.39, 0.29) is 0 Å². The van der Waals surface area contributed by atoms with E-state index >= 15 is 0 Å². The second-order valence-electron chi connectivity index (χ2n) is 12.8. The van der Waals surface area contributed by atoms with Gasteiger partial charge in [0.05, 0.1) is 22.8 Å². The average molecular weight is 693 g/mol. The topological polar surface area (TPSA) is 77.3 Å². The number of benzene rings is 5. The average Bonchev–Trinajstić information content (AvgIpc) is 3.27. The molecule has 5 aromatic carbocycles. The SMILES string of the molecule is c1ccc(-c2cc(-c3ccccn3)nc(-c3ccc(-c4ccc(-c5ccccc5-c5nc(-c6ccccc6)nc(-c6ccccc6)n5)cc4)cn3)c2)cc1. The predicted molar refractivity (Wildman–Crippen MR) is 217 cm³/mol. The highest BCUT2D eigenvalue weighted by Gasteiger charge is 2.16. The first-order chi connectivity index (χ1) is 26.7. The van der Waals surface area contributed by atoms with Crippen LogP contribution in [0, 0.1) is 0 Å². The molecule has 0 N–H and O–H groups in total. The van der Waals surface area contributed by atoms with Crippen LogP contribution in [0.15, 0.2) is 194 Å². The van der Waals surface area contributed by atoms with Gasteiger partial charge in [0, 0.05) is 34.6 Å². The van der Waals surface area contributed by atoms with Gasteiger partial charge in [0.1, 0.15) is 0 Å². The summed E-state index contributed by atoms with van der Waals surface area (Å²) in [4.78, 5) is 29.3. The quantitative estimate of drug-likeness (QED) is 0.158. The van der Waals surface area contributed by atoms with Crippen molar-refractivity contribution in [3.8, 4) is 90.3 Å². The van der Waals surface area contributed by atoms with E-state index in [1.54, 1.807) is 6.20 Å². The number of hydrogen-bond acceptors (Lipinski definition) is 6. The van der Waals surface area contributed by atoms with Gasteiger partial charge in [-0.25, -0.2) is 19.9 Å². The third kappa shape index (κ3) is 6.79. The summed E-state index contributed by atoms with van der Waals surface area (Å²) in [6, 6.07) is 61.4. The van der Waals surface area contributed by atoms with E-state index in [9.17, 15) is 0 Å². The summed E-state index contributed by atoms with van der Waals surface area (Å²) in [7, 11) is 0. The molecular formula is C48H32N6. The molecule has 4 heterocycles. The van der Waals surface area contributed by atoms with Gasteiger partial charge in [0.2, 0.25) is 0 Å². The number of nitrogens with zero attached hydrogens (tertiary/aromatic N) is 6. The molecule has 0 aliphatic heterocycles. The van der Waals surface area contributed by atoms with Crippen LogP contribution in [0.3, 0.4) is 0 Å². The number of hydrogen-bond donors (Lipinski definition) is 0. The highest BCUT2D eigenvalue weighted by Crippen LogP contribution is 2.34. The summed E-state index contributed by atoms with van der Waals surface area (Å²) in [6.07, 6.45) is 3.70. The molecule has 0 unspecified atom stereocenters. The smallest absolute Gasteiger partial charge is 0.164 e. The Morgan fingerprint density at radius 3 is 1.31 bits per heavy atom.